The van der Waals surface area contributed by atoms with Gasteiger partial charge in [0.25, 0.3) is 5.91 Å². The third-order valence-corrected chi connectivity index (χ3v) is 4.54. The number of amides is 1. The number of likely N-dealkylation sites (tertiary alicyclic amines) is 1. The maximum atomic E-state index is 12.6. The lowest BCUT2D eigenvalue weighted by atomic mass is 9.85. The maximum absolute atomic E-state index is 12.6. The van der Waals surface area contributed by atoms with E-state index in [1.165, 1.54) is 0 Å². The van der Waals surface area contributed by atoms with Crippen molar-refractivity contribution >= 4 is 21.8 Å². The van der Waals surface area contributed by atoms with E-state index in [-0.39, 0.29) is 17.5 Å². The predicted octanol–water partition coefficient (Wildman–Crippen LogP) is 2.79. The second kappa shape index (κ2) is 5.02. The van der Waals surface area contributed by atoms with Gasteiger partial charge in [0.1, 0.15) is 0 Å². The molecule has 1 aromatic carbocycles. The van der Waals surface area contributed by atoms with E-state index in [4.69, 9.17) is 5.73 Å². The number of hydrogen-bond acceptors (Lipinski definition) is 2. The molecule has 0 saturated carbocycles. The van der Waals surface area contributed by atoms with E-state index < -0.39 is 0 Å². The SMILES string of the molecule is CC1(C)C(N)CCCN1C(=O)c1ccccc1Br. The Morgan fingerprint density at radius 1 is 1.44 bits per heavy atom. The molecule has 0 bridgehead atoms. The van der Waals surface area contributed by atoms with Crippen LogP contribution in [0.1, 0.15) is 37.0 Å². The first-order valence-electron chi connectivity index (χ1n) is 6.26. The Labute approximate surface area is 116 Å². The highest BCUT2D eigenvalue weighted by atomic mass is 79.9. The van der Waals surface area contributed by atoms with Crippen LogP contribution in [0, 0.1) is 0 Å². The van der Waals surface area contributed by atoms with Crippen LogP contribution < -0.4 is 5.73 Å². The smallest absolute Gasteiger partial charge is 0.255 e. The molecule has 2 N–H and O–H groups in total. The molecule has 0 aromatic heterocycles. The second-order valence-corrected chi connectivity index (χ2v) is 6.19. The molecule has 1 fully saturated rings. The van der Waals surface area contributed by atoms with Crippen molar-refractivity contribution in [2.45, 2.75) is 38.3 Å². The first-order valence-corrected chi connectivity index (χ1v) is 7.06. The summed E-state index contributed by atoms with van der Waals surface area (Å²) in [5, 5.41) is 0. The van der Waals surface area contributed by atoms with Crippen LogP contribution in [0.4, 0.5) is 0 Å². The summed E-state index contributed by atoms with van der Waals surface area (Å²) in [4.78, 5) is 14.5. The third-order valence-electron chi connectivity index (χ3n) is 3.85. The normalized spacial score (nSPS) is 22.9. The zero-order valence-electron chi connectivity index (χ0n) is 10.8. The summed E-state index contributed by atoms with van der Waals surface area (Å²) < 4.78 is 0.838. The lowest BCUT2D eigenvalue weighted by molar-refractivity contribution is 0.0361. The zero-order chi connectivity index (χ0) is 13.3. The van der Waals surface area contributed by atoms with Crippen LogP contribution in [0.5, 0.6) is 0 Å². The topological polar surface area (TPSA) is 46.3 Å². The van der Waals surface area contributed by atoms with Gasteiger partial charge >= 0.3 is 0 Å². The highest BCUT2D eigenvalue weighted by Gasteiger charge is 2.39. The number of carbonyl (C=O) groups is 1. The first kappa shape index (κ1) is 13.6. The summed E-state index contributed by atoms with van der Waals surface area (Å²) in [6, 6.07) is 7.58. The number of hydrogen-bond donors (Lipinski definition) is 1. The fraction of sp³-hybridized carbons (Fsp3) is 0.500. The molecule has 3 nitrogen and oxygen atoms in total. The van der Waals surface area contributed by atoms with Gasteiger partial charge in [0.15, 0.2) is 0 Å². The first-order chi connectivity index (χ1) is 8.44. The number of halogens is 1. The Morgan fingerprint density at radius 3 is 2.78 bits per heavy atom. The van der Waals surface area contributed by atoms with E-state index >= 15 is 0 Å². The molecule has 1 aromatic rings. The number of nitrogens with zero attached hydrogens (tertiary/aromatic N) is 1. The zero-order valence-corrected chi connectivity index (χ0v) is 12.4. The molecule has 1 saturated heterocycles. The van der Waals surface area contributed by atoms with Gasteiger partial charge in [0, 0.05) is 17.1 Å². The van der Waals surface area contributed by atoms with E-state index in [2.05, 4.69) is 15.9 Å². The van der Waals surface area contributed by atoms with Crippen molar-refractivity contribution in [1.29, 1.82) is 0 Å². The van der Waals surface area contributed by atoms with Crippen LogP contribution in [0.25, 0.3) is 0 Å². The summed E-state index contributed by atoms with van der Waals surface area (Å²) in [7, 11) is 0. The molecule has 0 aliphatic carbocycles. The molecular weight excluding hydrogens is 292 g/mol. The summed E-state index contributed by atoms with van der Waals surface area (Å²) in [5.41, 5.74) is 6.57. The highest BCUT2D eigenvalue weighted by molar-refractivity contribution is 9.10. The Hall–Kier alpha value is -0.870. The van der Waals surface area contributed by atoms with Gasteiger partial charge in [0.05, 0.1) is 11.1 Å². The molecule has 4 heteroatoms. The van der Waals surface area contributed by atoms with Gasteiger partial charge in [-0.15, -0.1) is 0 Å². The van der Waals surface area contributed by atoms with Gasteiger partial charge < -0.3 is 10.6 Å². The molecule has 2 rings (SSSR count). The van der Waals surface area contributed by atoms with Crippen molar-refractivity contribution in [2.24, 2.45) is 5.73 Å². The predicted molar refractivity (Wildman–Crippen MR) is 76.5 cm³/mol. The van der Waals surface area contributed by atoms with Crippen molar-refractivity contribution in [1.82, 2.24) is 4.90 Å². The number of benzene rings is 1. The molecule has 0 radical (unpaired) electrons. The number of nitrogens with two attached hydrogens (primary N) is 1. The summed E-state index contributed by atoms with van der Waals surface area (Å²) in [6.45, 7) is 4.87. The molecule has 1 amide bonds. The monoisotopic (exact) mass is 310 g/mol. The quantitative estimate of drug-likeness (QED) is 0.867. The van der Waals surface area contributed by atoms with Crippen LogP contribution in [0.15, 0.2) is 28.7 Å². The van der Waals surface area contributed by atoms with E-state index in [0.29, 0.717) is 5.56 Å². The van der Waals surface area contributed by atoms with Crippen molar-refractivity contribution in [2.75, 3.05) is 6.54 Å². The van der Waals surface area contributed by atoms with Crippen molar-refractivity contribution in [3.63, 3.8) is 0 Å². The van der Waals surface area contributed by atoms with Crippen LogP contribution in [0.3, 0.4) is 0 Å². The van der Waals surface area contributed by atoms with Crippen molar-refractivity contribution < 1.29 is 4.79 Å². The van der Waals surface area contributed by atoms with E-state index in [9.17, 15) is 4.79 Å². The van der Waals surface area contributed by atoms with Gasteiger partial charge in [-0.2, -0.15) is 0 Å². The lowest BCUT2D eigenvalue weighted by Gasteiger charge is -2.46. The standard InChI is InChI=1S/C14H19BrN2O/c1-14(2)12(16)8-5-9-17(14)13(18)10-6-3-4-7-11(10)15/h3-4,6-7,12H,5,8-9,16H2,1-2H3. The summed E-state index contributed by atoms with van der Waals surface area (Å²) in [6.07, 6.45) is 1.95. The molecule has 1 unspecified atom stereocenters. The average molecular weight is 311 g/mol. The highest BCUT2D eigenvalue weighted by Crippen LogP contribution is 2.29. The van der Waals surface area contributed by atoms with Gasteiger partial charge in [-0.25, -0.2) is 0 Å². The van der Waals surface area contributed by atoms with Crippen molar-refractivity contribution in [3.8, 4) is 0 Å². The molecule has 0 spiro atoms. The largest absolute Gasteiger partial charge is 0.332 e. The van der Waals surface area contributed by atoms with Crippen LogP contribution in [-0.4, -0.2) is 28.9 Å². The number of piperidine rings is 1. The molecule has 1 aliphatic heterocycles. The van der Waals surface area contributed by atoms with E-state index in [0.717, 1.165) is 23.9 Å². The lowest BCUT2D eigenvalue weighted by Crippen LogP contribution is -2.61. The van der Waals surface area contributed by atoms with E-state index in [1.807, 2.05) is 43.0 Å². The van der Waals surface area contributed by atoms with Crippen LogP contribution in [-0.2, 0) is 0 Å². The van der Waals surface area contributed by atoms with Gasteiger partial charge in [-0.1, -0.05) is 12.1 Å². The minimum absolute atomic E-state index is 0.0395. The van der Waals surface area contributed by atoms with Crippen LogP contribution in [0.2, 0.25) is 0 Å². The Bertz CT molecular complexity index is 459. The Balaban J connectivity index is 2.31. The average Bonchev–Trinajstić information content (AvgIpc) is 2.32. The van der Waals surface area contributed by atoms with Gasteiger partial charge in [-0.05, 0) is 54.8 Å². The second-order valence-electron chi connectivity index (χ2n) is 5.34. The summed E-state index contributed by atoms with van der Waals surface area (Å²) >= 11 is 3.44. The van der Waals surface area contributed by atoms with Crippen molar-refractivity contribution in [3.05, 3.63) is 34.3 Å². The fourth-order valence-corrected chi connectivity index (χ4v) is 2.91. The molecule has 18 heavy (non-hydrogen) atoms. The molecule has 1 heterocycles. The molecule has 98 valence electrons. The molecule has 1 atom stereocenters. The number of carbonyl (C=O) groups excluding carboxylic acids is 1. The summed E-state index contributed by atoms with van der Waals surface area (Å²) in [5.74, 6) is 0.0580. The maximum Gasteiger partial charge on any atom is 0.255 e. The van der Waals surface area contributed by atoms with Crippen LogP contribution >= 0.6 is 15.9 Å². The third kappa shape index (κ3) is 2.31. The fourth-order valence-electron chi connectivity index (χ4n) is 2.45. The number of rotatable bonds is 1. The Morgan fingerprint density at radius 2 is 2.11 bits per heavy atom. The minimum atomic E-state index is -0.287. The van der Waals surface area contributed by atoms with E-state index in [1.54, 1.807) is 0 Å². The Kier molecular flexibility index (Phi) is 3.78. The molecule has 1 aliphatic rings. The van der Waals surface area contributed by atoms with Gasteiger partial charge in [-0.3, -0.25) is 4.79 Å². The van der Waals surface area contributed by atoms with Gasteiger partial charge in [0.2, 0.25) is 0 Å². The molecular formula is C14H19BrN2O. The minimum Gasteiger partial charge on any atom is -0.332 e.